The maximum Gasteiger partial charge on any atom is 0.253 e. The van der Waals surface area contributed by atoms with Gasteiger partial charge in [-0.15, -0.1) is 0 Å². The van der Waals surface area contributed by atoms with Gasteiger partial charge >= 0.3 is 0 Å². The minimum Gasteiger partial charge on any atom is -0.493 e. The minimum atomic E-state index is -0.0240. The highest BCUT2D eigenvalue weighted by atomic mass is 16.5. The zero-order valence-electron chi connectivity index (χ0n) is 22.1. The molecule has 1 aliphatic heterocycles. The van der Waals surface area contributed by atoms with Crippen molar-refractivity contribution in [2.45, 2.75) is 59.0 Å². The Morgan fingerprint density at radius 3 is 2.28 bits per heavy atom. The molecule has 1 fully saturated rings. The first-order chi connectivity index (χ1) is 17.3. The summed E-state index contributed by atoms with van der Waals surface area (Å²) in [5.41, 5.74) is 4.11. The van der Waals surface area contributed by atoms with E-state index in [4.69, 9.17) is 9.47 Å². The quantitative estimate of drug-likeness (QED) is 0.343. The molecule has 0 N–H and O–H groups in total. The summed E-state index contributed by atoms with van der Waals surface area (Å²) in [6, 6.07) is 24.6. The summed E-state index contributed by atoms with van der Waals surface area (Å²) in [6.45, 7) is 11.0. The van der Waals surface area contributed by atoms with Crippen LogP contribution in [0.2, 0.25) is 0 Å². The van der Waals surface area contributed by atoms with Crippen molar-refractivity contribution in [1.82, 2.24) is 4.90 Å². The maximum absolute atomic E-state index is 13.4. The second-order valence-corrected chi connectivity index (χ2v) is 10.7. The van der Waals surface area contributed by atoms with Gasteiger partial charge in [-0.3, -0.25) is 4.79 Å². The van der Waals surface area contributed by atoms with E-state index < -0.39 is 0 Å². The van der Waals surface area contributed by atoms with E-state index in [1.165, 1.54) is 5.56 Å². The fourth-order valence-corrected chi connectivity index (χ4v) is 4.96. The van der Waals surface area contributed by atoms with E-state index >= 15 is 0 Å². The predicted molar refractivity (Wildman–Crippen MR) is 146 cm³/mol. The predicted octanol–water partition coefficient (Wildman–Crippen LogP) is 7.06. The second-order valence-electron chi connectivity index (χ2n) is 10.7. The van der Waals surface area contributed by atoms with Crippen molar-refractivity contribution in [1.29, 1.82) is 0 Å². The monoisotopic (exact) mass is 485 g/mol. The lowest BCUT2D eigenvalue weighted by Gasteiger charge is -2.32. The third kappa shape index (κ3) is 6.48. The van der Waals surface area contributed by atoms with Crippen LogP contribution in [0.15, 0.2) is 72.8 Å². The summed E-state index contributed by atoms with van der Waals surface area (Å²) >= 11 is 0. The minimum absolute atomic E-state index is 0.0240. The lowest BCUT2D eigenvalue weighted by atomic mass is 9.86. The molecule has 0 saturated carbocycles. The number of hydrogen-bond acceptors (Lipinski definition) is 3. The van der Waals surface area contributed by atoms with Crippen molar-refractivity contribution < 1.29 is 14.3 Å². The van der Waals surface area contributed by atoms with Gasteiger partial charge in [0.05, 0.1) is 6.61 Å². The van der Waals surface area contributed by atoms with Crippen LogP contribution >= 0.6 is 0 Å². The lowest BCUT2D eigenvalue weighted by Crippen LogP contribution is -2.39. The highest BCUT2D eigenvalue weighted by Crippen LogP contribution is 2.32. The molecule has 3 aromatic rings. The summed E-state index contributed by atoms with van der Waals surface area (Å²) in [5, 5.41) is 0. The smallest absolute Gasteiger partial charge is 0.253 e. The molecule has 1 aliphatic rings. The van der Waals surface area contributed by atoms with Crippen LogP contribution in [0.5, 0.6) is 11.5 Å². The first-order valence-corrected chi connectivity index (χ1v) is 13.2. The molecule has 0 atom stereocenters. The Morgan fingerprint density at radius 1 is 0.889 bits per heavy atom. The lowest BCUT2D eigenvalue weighted by molar-refractivity contribution is 0.0690. The van der Waals surface area contributed by atoms with Gasteiger partial charge in [0.15, 0.2) is 0 Å². The molecule has 4 rings (SSSR count). The van der Waals surface area contributed by atoms with Crippen molar-refractivity contribution in [2.24, 2.45) is 5.92 Å². The van der Waals surface area contributed by atoms with Crippen LogP contribution in [0.1, 0.15) is 67.6 Å². The molecule has 190 valence electrons. The van der Waals surface area contributed by atoms with Gasteiger partial charge in [0.2, 0.25) is 0 Å². The van der Waals surface area contributed by atoms with Gasteiger partial charge in [0, 0.05) is 24.2 Å². The van der Waals surface area contributed by atoms with E-state index in [-0.39, 0.29) is 11.3 Å². The second kappa shape index (κ2) is 11.6. The van der Waals surface area contributed by atoms with Crippen LogP contribution < -0.4 is 9.47 Å². The fourth-order valence-electron chi connectivity index (χ4n) is 4.96. The Bertz CT molecular complexity index is 1140. The molecule has 4 heteroatoms. The Hall–Kier alpha value is -3.27. The molecule has 1 heterocycles. The van der Waals surface area contributed by atoms with E-state index in [0.29, 0.717) is 24.7 Å². The van der Waals surface area contributed by atoms with Gasteiger partial charge in [-0.1, -0.05) is 69.3 Å². The molecule has 0 unspecified atom stereocenters. The molecule has 0 bridgehead atoms. The molecule has 0 radical (unpaired) electrons. The van der Waals surface area contributed by atoms with Crippen molar-refractivity contribution in [3.8, 4) is 11.5 Å². The number of benzene rings is 3. The summed E-state index contributed by atoms with van der Waals surface area (Å²) in [6.07, 6.45) is 3.16. The van der Waals surface area contributed by atoms with E-state index in [9.17, 15) is 4.79 Å². The summed E-state index contributed by atoms with van der Waals surface area (Å²) < 4.78 is 12.2. The average molecular weight is 486 g/mol. The summed E-state index contributed by atoms with van der Waals surface area (Å²) in [5.74, 6) is 2.35. The Balaban J connectivity index is 1.44. The molecule has 0 spiro atoms. The molecular formula is C32H39NO3. The van der Waals surface area contributed by atoms with Crippen LogP contribution in [0.4, 0.5) is 0 Å². The molecule has 0 aliphatic carbocycles. The average Bonchev–Trinajstić information content (AvgIpc) is 2.88. The van der Waals surface area contributed by atoms with Crippen LogP contribution in [-0.2, 0) is 18.4 Å². The van der Waals surface area contributed by atoms with E-state index in [1.54, 1.807) is 0 Å². The molecule has 4 nitrogen and oxygen atoms in total. The highest BCUT2D eigenvalue weighted by Gasteiger charge is 2.25. The normalized spacial score (nSPS) is 14.5. The van der Waals surface area contributed by atoms with Crippen LogP contribution in [0, 0.1) is 5.92 Å². The van der Waals surface area contributed by atoms with E-state index in [0.717, 1.165) is 55.0 Å². The SMILES string of the molecule is CCOc1ccc(C(=O)N2CCC(Cc3ccccc3)CC2)cc1COc1ccccc1C(C)(C)C. The number of nitrogens with zero attached hydrogens (tertiary/aromatic N) is 1. The summed E-state index contributed by atoms with van der Waals surface area (Å²) in [7, 11) is 0. The van der Waals surface area contributed by atoms with Crippen molar-refractivity contribution in [2.75, 3.05) is 19.7 Å². The third-order valence-electron chi connectivity index (χ3n) is 6.95. The summed E-state index contributed by atoms with van der Waals surface area (Å²) in [4.78, 5) is 15.4. The molecule has 1 amide bonds. The zero-order valence-corrected chi connectivity index (χ0v) is 22.1. The molecule has 0 aromatic heterocycles. The molecule has 1 saturated heterocycles. The number of ether oxygens (including phenoxy) is 2. The molecule has 36 heavy (non-hydrogen) atoms. The number of rotatable bonds is 8. The van der Waals surface area contributed by atoms with Gasteiger partial charge in [0.1, 0.15) is 18.1 Å². The topological polar surface area (TPSA) is 38.8 Å². The van der Waals surface area contributed by atoms with Gasteiger partial charge in [-0.05, 0) is 72.9 Å². The van der Waals surface area contributed by atoms with Gasteiger partial charge in [-0.25, -0.2) is 0 Å². The van der Waals surface area contributed by atoms with Crippen LogP contribution in [0.3, 0.4) is 0 Å². The zero-order chi connectivity index (χ0) is 25.5. The van der Waals surface area contributed by atoms with Gasteiger partial charge in [-0.2, -0.15) is 0 Å². The Labute approximate surface area is 216 Å². The standard InChI is InChI=1S/C32H39NO3/c1-5-35-29-16-15-26(22-27(29)23-36-30-14-10-9-13-28(30)32(2,3)4)31(34)33-19-17-25(18-20-33)21-24-11-7-6-8-12-24/h6-16,22,25H,5,17-21,23H2,1-4H3. The van der Waals surface area contributed by atoms with Crippen molar-refractivity contribution >= 4 is 5.91 Å². The number of amides is 1. The fraction of sp³-hybridized carbons (Fsp3) is 0.406. The van der Waals surface area contributed by atoms with Crippen LogP contribution in [-0.4, -0.2) is 30.5 Å². The van der Waals surface area contributed by atoms with E-state index in [2.05, 4.69) is 57.2 Å². The van der Waals surface area contributed by atoms with Gasteiger partial charge in [0.25, 0.3) is 5.91 Å². The third-order valence-corrected chi connectivity index (χ3v) is 6.95. The molecule has 3 aromatic carbocycles. The van der Waals surface area contributed by atoms with Crippen molar-refractivity contribution in [3.05, 3.63) is 95.1 Å². The number of carbonyl (C=O) groups excluding carboxylic acids is 1. The number of piperidine rings is 1. The Kier molecular flexibility index (Phi) is 8.35. The maximum atomic E-state index is 13.4. The Morgan fingerprint density at radius 2 is 1.58 bits per heavy atom. The number of hydrogen-bond donors (Lipinski definition) is 0. The number of likely N-dealkylation sites (tertiary alicyclic amines) is 1. The van der Waals surface area contributed by atoms with Crippen molar-refractivity contribution in [3.63, 3.8) is 0 Å². The highest BCUT2D eigenvalue weighted by molar-refractivity contribution is 5.94. The molecular weight excluding hydrogens is 446 g/mol. The first kappa shape index (κ1) is 25.8. The number of para-hydroxylation sites is 1. The van der Waals surface area contributed by atoms with E-state index in [1.807, 2.05) is 48.2 Å². The first-order valence-electron chi connectivity index (χ1n) is 13.2. The largest absolute Gasteiger partial charge is 0.493 e. The van der Waals surface area contributed by atoms with Crippen LogP contribution in [0.25, 0.3) is 0 Å². The number of carbonyl (C=O) groups is 1. The van der Waals surface area contributed by atoms with Gasteiger partial charge < -0.3 is 14.4 Å².